The number of nitrogens with one attached hydrogen (secondary N) is 1. The molecule has 2 aromatic rings. The molecule has 0 unspecified atom stereocenters. The summed E-state index contributed by atoms with van der Waals surface area (Å²) in [5, 5.41) is 7.75. The summed E-state index contributed by atoms with van der Waals surface area (Å²) >= 11 is 0. The van der Waals surface area contributed by atoms with Gasteiger partial charge in [0.1, 0.15) is 5.82 Å². The second-order valence-electron chi connectivity index (χ2n) is 4.14. The zero-order valence-corrected chi connectivity index (χ0v) is 10.8. The molecule has 2 rings (SSSR count). The van der Waals surface area contributed by atoms with Gasteiger partial charge in [0.2, 0.25) is 0 Å². The minimum Gasteiger partial charge on any atom is -0.370 e. The maximum atomic E-state index is 4.54. The molecule has 0 amide bonds. The Bertz CT molecular complexity index is 528. The van der Waals surface area contributed by atoms with E-state index < -0.39 is 0 Å². The summed E-state index contributed by atoms with van der Waals surface area (Å²) in [5.74, 6) is 0.884. The second kappa shape index (κ2) is 4.57. The monoisotopic (exact) mass is 230 g/mol. The van der Waals surface area contributed by atoms with Gasteiger partial charge in [0, 0.05) is 24.5 Å². The van der Waals surface area contributed by atoms with Crippen LogP contribution in [-0.2, 0) is 0 Å². The molecule has 0 bridgehead atoms. The summed E-state index contributed by atoms with van der Waals surface area (Å²) < 4.78 is 1.97. The van der Waals surface area contributed by atoms with Crippen molar-refractivity contribution in [2.24, 2.45) is 0 Å². The van der Waals surface area contributed by atoms with Crippen molar-refractivity contribution in [3.8, 4) is 5.69 Å². The van der Waals surface area contributed by atoms with E-state index >= 15 is 0 Å². The van der Waals surface area contributed by atoms with Crippen molar-refractivity contribution in [3.63, 3.8) is 0 Å². The predicted octanol–water partition coefficient (Wildman–Crippen LogP) is 2.62. The maximum absolute atomic E-state index is 4.54. The lowest BCUT2D eigenvalue weighted by atomic mass is 10.2. The molecule has 0 spiro atoms. The van der Waals surface area contributed by atoms with Crippen LogP contribution in [-0.4, -0.2) is 21.3 Å². The van der Waals surface area contributed by atoms with Crippen molar-refractivity contribution in [1.29, 1.82) is 0 Å². The first-order valence-corrected chi connectivity index (χ1v) is 5.86. The average molecular weight is 230 g/mol. The van der Waals surface area contributed by atoms with E-state index in [1.54, 1.807) is 6.20 Å². The molecule has 0 fully saturated rings. The van der Waals surface area contributed by atoms with Crippen LogP contribution in [0.2, 0.25) is 0 Å². The largest absolute Gasteiger partial charge is 0.370 e. The van der Waals surface area contributed by atoms with E-state index in [1.807, 2.05) is 23.7 Å². The number of pyridine rings is 1. The van der Waals surface area contributed by atoms with Crippen molar-refractivity contribution in [2.75, 3.05) is 11.9 Å². The molecule has 2 aromatic heterocycles. The normalized spacial score (nSPS) is 10.6. The molecule has 0 atom stereocenters. The molecule has 4 heteroatoms. The second-order valence-corrected chi connectivity index (χ2v) is 4.14. The molecule has 0 saturated carbocycles. The minimum atomic E-state index is 0.868. The highest BCUT2D eigenvalue weighted by Gasteiger charge is 2.09. The van der Waals surface area contributed by atoms with Gasteiger partial charge in [-0.05, 0) is 39.3 Å². The Balaban J connectivity index is 2.45. The smallest absolute Gasteiger partial charge is 0.128 e. The fraction of sp³-hybridized carbons (Fsp3) is 0.385. The third-order valence-electron chi connectivity index (χ3n) is 3.00. The summed E-state index contributed by atoms with van der Waals surface area (Å²) in [5.41, 5.74) is 4.54. The quantitative estimate of drug-likeness (QED) is 0.881. The van der Waals surface area contributed by atoms with Crippen LogP contribution in [0.3, 0.4) is 0 Å². The number of rotatable bonds is 3. The van der Waals surface area contributed by atoms with Gasteiger partial charge in [0.15, 0.2) is 0 Å². The van der Waals surface area contributed by atoms with Crippen LogP contribution in [0.15, 0.2) is 18.3 Å². The zero-order valence-electron chi connectivity index (χ0n) is 10.8. The fourth-order valence-corrected chi connectivity index (χ4v) is 1.80. The van der Waals surface area contributed by atoms with E-state index in [2.05, 4.69) is 36.2 Å². The first kappa shape index (κ1) is 11.6. The van der Waals surface area contributed by atoms with Gasteiger partial charge in [-0.25, -0.2) is 9.67 Å². The first-order chi connectivity index (χ1) is 8.13. The van der Waals surface area contributed by atoms with Gasteiger partial charge in [0.25, 0.3) is 0 Å². The van der Waals surface area contributed by atoms with Gasteiger partial charge in [0.05, 0.1) is 11.4 Å². The van der Waals surface area contributed by atoms with Crippen molar-refractivity contribution >= 4 is 5.82 Å². The first-order valence-electron chi connectivity index (χ1n) is 5.86. The highest BCUT2D eigenvalue weighted by atomic mass is 15.3. The van der Waals surface area contributed by atoms with E-state index in [9.17, 15) is 0 Å². The third-order valence-corrected chi connectivity index (χ3v) is 3.00. The van der Waals surface area contributed by atoms with E-state index in [0.717, 1.165) is 23.7 Å². The molecule has 0 radical (unpaired) electrons. The standard InChI is InChI=1S/C13H18N4/c1-5-14-13-8-12(6-7-15-13)17-11(4)9(2)10(3)16-17/h6-8H,5H2,1-4H3,(H,14,15). The van der Waals surface area contributed by atoms with Crippen molar-refractivity contribution in [2.45, 2.75) is 27.7 Å². The minimum absolute atomic E-state index is 0.868. The molecule has 17 heavy (non-hydrogen) atoms. The Morgan fingerprint density at radius 1 is 1.29 bits per heavy atom. The lowest BCUT2D eigenvalue weighted by molar-refractivity contribution is 0.831. The summed E-state index contributed by atoms with van der Waals surface area (Å²) in [4.78, 5) is 4.26. The fourth-order valence-electron chi connectivity index (χ4n) is 1.80. The molecule has 0 saturated heterocycles. The van der Waals surface area contributed by atoms with Crippen LogP contribution in [0.1, 0.15) is 23.9 Å². The van der Waals surface area contributed by atoms with E-state index in [4.69, 9.17) is 0 Å². The van der Waals surface area contributed by atoms with Gasteiger partial charge in [-0.1, -0.05) is 0 Å². The Morgan fingerprint density at radius 3 is 2.65 bits per heavy atom. The molecule has 0 aliphatic rings. The molecule has 90 valence electrons. The molecule has 4 nitrogen and oxygen atoms in total. The molecule has 2 heterocycles. The van der Waals surface area contributed by atoms with E-state index in [0.29, 0.717) is 0 Å². The summed E-state index contributed by atoms with van der Waals surface area (Å²) in [6, 6.07) is 3.99. The maximum Gasteiger partial charge on any atom is 0.128 e. The van der Waals surface area contributed by atoms with Crippen LogP contribution in [0.25, 0.3) is 5.69 Å². The van der Waals surface area contributed by atoms with Gasteiger partial charge < -0.3 is 5.32 Å². The lowest BCUT2D eigenvalue weighted by Crippen LogP contribution is -2.03. The number of aryl methyl sites for hydroxylation is 1. The van der Waals surface area contributed by atoms with Crippen LogP contribution < -0.4 is 5.32 Å². The number of anilines is 1. The van der Waals surface area contributed by atoms with Gasteiger partial charge in [-0.15, -0.1) is 0 Å². The highest BCUT2D eigenvalue weighted by Crippen LogP contribution is 2.18. The molecule has 0 aliphatic heterocycles. The van der Waals surface area contributed by atoms with E-state index in [-0.39, 0.29) is 0 Å². The number of hydrogen-bond donors (Lipinski definition) is 1. The van der Waals surface area contributed by atoms with Gasteiger partial charge in [-0.2, -0.15) is 5.10 Å². The van der Waals surface area contributed by atoms with Crippen LogP contribution >= 0.6 is 0 Å². The molecule has 0 aromatic carbocycles. The molecule has 1 N–H and O–H groups in total. The average Bonchev–Trinajstić information content (AvgIpc) is 2.58. The molecular weight excluding hydrogens is 212 g/mol. The summed E-state index contributed by atoms with van der Waals surface area (Å²) in [7, 11) is 0. The third kappa shape index (κ3) is 2.16. The van der Waals surface area contributed by atoms with Gasteiger partial charge in [-0.3, -0.25) is 0 Å². The Kier molecular flexibility index (Phi) is 3.13. The molecule has 0 aliphatic carbocycles. The Hall–Kier alpha value is -1.84. The highest BCUT2D eigenvalue weighted by molar-refractivity contribution is 5.45. The zero-order chi connectivity index (χ0) is 12.4. The summed E-state index contributed by atoms with van der Waals surface area (Å²) in [6.45, 7) is 9.14. The van der Waals surface area contributed by atoms with Crippen LogP contribution in [0, 0.1) is 20.8 Å². The number of aromatic nitrogens is 3. The topological polar surface area (TPSA) is 42.7 Å². The number of nitrogens with zero attached hydrogens (tertiary/aromatic N) is 3. The predicted molar refractivity (Wildman–Crippen MR) is 69.7 cm³/mol. The Morgan fingerprint density at radius 2 is 2.06 bits per heavy atom. The van der Waals surface area contributed by atoms with Crippen molar-refractivity contribution < 1.29 is 0 Å². The molecular formula is C13H18N4. The summed E-state index contributed by atoms with van der Waals surface area (Å²) in [6.07, 6.45) is 1.80. The van der Waals surface area contributed by atoms with Gasteiger partial charge >= 0.3 is 0 Å². The SMILES string of the molecule is CCNc1cc(-n2nc(C)c(C)c2C)ccn1. The lowest BCUT2D eigenvalue weighted by Gasteiger charge is -2.07. The van der Waals surface area contributed by atoms with Crippen LogP contribution in [0.5, 0.6) is 0 Å². The van der Waals surface area contributed by atoms with Crippen molar-refractivity contribution in [3.05, 3.63) is 35.3 Å². The van der Waals surface area contributed by atoms with E-state index in [1.165, 1.54) is 11.3 Å². The van der Waals surface area contributed by atoms with Crippen molar-refractivity contribution in [1.82, 2.24) is 14.8 Å². The number of hydrogen-bond acceptors (Lipinski definition) is 3. The van der Waals surface area contributed by atoms with Crippen LogP contribution in [0.4, 0.5) is 5.82 Å². The Labute approximate surface area is 102 Å².